The maximum absolute atomic E-state index is 6.07. The molecule has 0 saturated carbocycles. The number of rotatable bonds is 3. The summed E-state index contributed by atoms with van der Waals surface area (Å²) in [5.41, 5.74) is 6.33. The fourth-order valence-corrected chi connectivity index (χ4v) is 1.81. The molecule has 1 aromatic carbocycles. The van der Waals surface area contributed by atoms with Crippen molar-refractivity contribution < 1.29 is 4.52 Å². The molecule has 0 aliphatic rings. The Balaban J connectivity index is 1.84. The molecule has 0 saturated heterocycles. The number of benzene rings is 1. The Hall–Kier alpha value is -2.41. The SMILES string of the molecule is Nc1n[nH]c(-c2nc(Cc3ccccc3Cl)no2)n1. The summed E-state index contributed by atoms with van der Waals surface area (Å²) in [6.07, 6.45) is 0.479. The van der Waals surface area contributed by atoms with Gasteiger partial charge in [0.15, 0.2) is 5.82 Å². The zero-order chi connectivity index (χ0) is 13.2. The number of hydrogen-bond donors (Lipinski definition) is 2. The number of H-pyrrole nitrogens is 1. The molecule has 0 radical (unpaired) electrons. The average molecular weight is 277 g/mol. The highest BCUT2D eigenvalue weighted by molar-refractivity contribution is 6.31. The monoisotopic (exact) mass is 276 g/mol. The van der Waals surface area contributed by atoms with Crippen molar-refractivity contribution in [2.24, 2.45) is 0 Å². The molecular weight excluding hydrogens is 268 g/mol. The van der Waals surface area contributed by atoms with Gasteiger partial charge >= 0.3 is 0 Å². The van der Waals surface area contributed by atoms with Crippen LogP contribution in [-0.2, 0) is 6.42 Å². The molecule has 0 aliphatic heterocycles. The summed E-state index contributed by atoms with van der Waals surface area (Å²) in [6, 6.07) is 7.49. The molecular formula is C11H9ClN6O. The predicted molar refractivity (Wildman–Crippen MR) is 68.3 cm³/mol. The Kier molecular flexibility index (Phi) is 2.88. The van der Waals surface area contributed by atoms with E-state index in [0.717, 1.165) is 5.56 Å². The molecule has 0 spiro atoms. The molecule has 19 heavy (non-hydrogen) atoms. The van der Waals surface area contributed by atoms with E-state index < -0.39 is 0 Å². The largest absolute Gasteiger partial charge is 0.366 e. The Morgan fingerprint density at radius 2 is 2.11 bits per heavy atom. The lowest BCUT2D eigenvalue weighted by atomic mass is 10.1. The second-order valence-electron chi connectivity index (χ2n) is 3.83. The van der Waals surface area contributed by atoms with Gasteiger partial charge in [-0.2, -0.15) is 9.97 Å². The molecule has 3 rings (SSSR count). The molecule has 8 heteroatoms. The lowest BCUT2D eigenvalue weighted by Gasteiger charge is -1.98. The van der Waals surface area contributed by atoms with Crippen LogP contribution in [0.1, 0.15) is 11.4 Å². The van der Waals surface area contributed by atoms with Crippen LogP contribution in [0.3, 0.4) is 0 Å². The van der Waals surface area contributed by atoms with E-state index in [0.29, 0.717) is 23.1 Å². The smallest absolute Gasteiger partial charge is 0.295 e. The van der Waals surface area contributed by atoms with Crippen LogP contribution in [0.25, 0.3) is 11.7 Å². The summed E-state index contributed by atoms with van der Waals surface area (Å²) in [5.74, 6) is 1.22. The van der Waals surface area contributed by atoms with Gasteiger partial charge in [0.2, 0.25) is 11.8 Å². The maximum atomic E-state index is 6.07. The summed E-state index contributed by atoms with van der Waals surface area (Å²) >= 11 is 6.07. The molecule has 2 aromatic heterocycles. The number of nitrogens with zero attached hydrogens (tertiary/aromatic N) is 4. The highest BCUT2D eigenvalue weighted by Crippen LogP contribution is 2.19. The first kappa shape index (κ1) is 11.7. The van der Waals surface area contributed by atoms with Gasteiger partial charge in [0.25, 0.3) is 5.89 Å². The first-order valence-corrected chi connectivity index (χ1v) is 5.84. The Morgan fingerprint density at radius 3 is 2.84 bits per heavy atom. The van der Waals surface area contributed by atoms with Crippen LogP contribution < -0.4 is 5.73 Å². The van der Waals surface area contributed by atoms with Crippen LogP contribution in [0.2, 0.25) is 5.02 Å². The van der Waals surface area contributed by atoms with Crippen LogP contribution in [-0.4, -0.2) is 25.3 Å². The fraction of sp³-hybridized carbons (Fsp3) is 0.0909. The van der Waals surface area contributed by atoms with Gasteiger partial charge in [-0.15, -0.1) is 5.10 Å². The second-order valence-corrected chi connectivity index (χ2v) is 4.23. The van der Waals surface area contributed by atoms with E-state index in [9.17, 15) is 0 Å². The van der Waals surface area contributed by atoms with Crippen LogP contribution >= 0.6 is 11.6 Å². The quantitative estimate of drug-likeness (QED) is 0.754. The third-order valence-corrected chi connectivity index (χ3v) is 2.85. The Bertz CT molecular complexity index is 707. The highest BCUT2D eigenvalue weighted by Gasteiger charge is 2.13. The third kappa shape index (κ3) is 2.41. The molecule has 0 amide bonds. The van der Waals surface area contributed by atoms with Crippen molar-refractivity contribution in [1.82, 2.24) is 25.3 Å². The summed E-state index contributed by atoms with van der Waals surface area (Å²) in [4.78, 5) is 8.11. The van der Waals surface area contributed by atoms with Gasteiger partial charge in [-0.25, -0.2) is 0 Å². The number of hydrogen-bond acceptors (Lipinski definition) is 6. The number of aromatic nitrogens is 5. The molecule has 0 atom stereocenters. The zero-order valence-electron chi connectivity index (χ0n) is 9.67. The van der Waals surface area contributed by atoms with Gasteiger partial charge in [0.05, 0.1) is 0 Å². The zero-order valence-corrected chi connectivity index (χ0v) is 10.4. The van der Waals surface area contributed by atoms with Gasteiger partial charge in [0.1, 0.15) is 0 Å². The van der Waals surface area contributed by atoms with E-state index in [1.165, 1.54) is 0 Å². The minimum atomic E-state index is 0.126. The van der Waals surface area contributed by atoms with Crippen LogP contribution in [0.15, 0.2) is 28.8 Å². The lowest BCUT2D eigenvalue weighted by Crippen LogP contribution is -1.92. The summed E-state index contributed by atoms with van der Waals surface area (Å²) in [5, 5.41) is 10.8. The first-order chi connectivity index (χ1) is 9.22. The van der Waals surface area contributed by atoms with Crippen molar-refractivity contribution in [3.05, 3.63) is 40.7 Å². The minimum Gasteiger partial charge on any atom is -0.366 e. The Labute approximate surface area is 112 Å². The van der Waals surface area contributed by atoms with Crippen molar-refractivity contribution in [3.8, 4) is 11.7 Å². The van der Waals surface area contributed by atoms with Crippen molar-refractivity contribution in [3.63, 3.8) is 0 Å². The molecule has 3 aromatic rings. The van der Waals surface area contributed by atoms with E-state index in [1.807, 2.05) is 24.3 Å². The van der Waals surface area contributed by atoms with Crippen molar-refractivity contribution >= 4 is 17.5 Å². The van der Waals surface area contributed by atoms with E-state index in [4.69, 9.17) is 21.9 Å². The van der Waals surface area contributed by atoms with Gasteiger partial charge in [0, 0.05) is 11.4 Å². The summed E-state index contributed by atoms with van der Waals surface area (Å²) in [6.45, 7) is 0. The summed E-state index contributed by atoms with van der Waals surface area (Å²) in [7, 11) is 0. The van der Waals surface area contributed by atoms with Gasteiger partial charge in [-0.05, 0) is 11.6 Å². The standard InChI is InChI=1S/C11H9ClN6O/c12-7-4-2-1-3-6(7)5-8-14-10(19-18-8)9-15-11(13)17-16-9/h1-4H,5H2,(H3,13,15,16,17). The summed E-state index contributed by atoms with van der Waals surface area (Å²) < 4.78 is 5.08. The van der Waals surface area contributed by atoms with Gasteiger partial charge in [-0.3, -0.25) is 5.10 Å². The molecule has 96 valence electrons. The number of nitrogens with one attached hydrogen (secondary N) is 1. The van der Waals surface area contributed by atoms with Crippen molar-refractivity contribution in [2.45, 2.75) is 6.42 Å². The fourth-order valence-electron chi connectivity index (χ4n) is 1.60. The normalized spacial score (nSPS) is 10.8. The number of nitrogens with two attached hydrogens (primary N) is 1. The van der Waals surface area contributed by atoms with E-state index in [-0.39, 0.29) is 11.8 Å². The number of halogens is 1. The van der Waals surface area contributed by atoms with E-state index >= 15 is 0 Å². The van der Waals surface area contributed by atoms with Crippen molar-refractivity contribution in [1.29, 1.82) is 0 Å². The molecule has 0 fully saturated rings. The number of aromatic amines is 1. The van der Waals surface area contributed by atoms with Gasteiger partial charge < -0.3 is 10.3 Å². The van der Waals surface area contributed by atoms with Gasteiger partial charge in [-0.1, -0.05) is 35.0 Å². The molecule has 2 heterocycles. The number of nitrogen functional groups attached to an aromatic ring is 1. The molecule has 0 unspecified atom stereocenters. The predicted octanol–water partition coefficient (Wildman–Crippen LogP) is 1.68. The van der Waals surface area contributed by atoms with Crippen LogP contribution in [0.4, 0.5) is 5.95 Å². The van der Waals surface area contributed by atoms with Crippen molar-refractivity contribution in [2.75, 3.05) is 5.73 Å². The lowest BCUT2D eigenvalue weighted by molar-refractivity contribution is 0.421. The molecule has 0 aliphatic carbocycles. The third-order valence-electron chi connectivity index (χ3n) is 2.48. The molecule has 3 N–H and O–H groups in total. The average Bonchev–Trinajstić information content (AvgIpc) is 3.01. The number of anilines is 1. The highest BCUT2D eigenvalue weighted by atomic mass is 35.5. The minimum absolute atomic E-state index is 0.126. The topological polar surface area (TPSA) is 107 Å². The first-order valence-electron chi connectivity index (χ1n) is 5.46. The second kappa shape index (κ2) is 4.69. The Morgan fingerprint density at radius 1 is 1.26 bits per heavy atom. The molecule has 0 bridgehead atoms. The van der Waals surface area contributed by atoms with E-state index in [2.05, 4.69) is 25.3 Å². The van der Waals surface area contributed by atoms with Crippen LogP contribution in [0.5, 0.6) is 0 Å². The molecule has 7 nitrogen and oxygen atoms in total. The van der Waals surface area contributed by atoms with Crippen LogP contribution in [0, 0.1) is 0 Å². The maximum Gasteiger partial charge on any atom is 0.295 e. The van der Waals surface area contributed by atoms with E-state index in [1.54, 1.807) is 0 Å².